The van der Waals surface area contributed by atoms with E-state index < -0.39 is 8.32 Å². The Morgan fingerprint density at radius 3 is 1.65 bits per heavy atom. The van der Waals surface area contributed by atoms with Gasteiger partial charge in [-0.1, -0.05) is 58.0 Å². The SMILES string of the molecule is C[Si](C)(C)OCCCOc1c(Cl)c(Cl)c(Cl)c(Cl)c1Cl. The monoisotopic (exact) mass is 394 g/mol. The summed E-state index contributed by atoms with van der Waals surface area (Å²) in [5.74, 6) is 0.251. The molecule has 0 bridgehead atoms. The molecule has 0 aliphatic carbocycles. The molecule has 0 aromatic heterocycles. The third kappa shape index (κ3) is 5.13. The van der Waals surface area contributed by atoms with E-state index in [1.54, 1.807) is 0 Å². The lowest BCUT2D eigenvalue weighted by atomic mass is 10.3. The van der Waals surface area contributed by atoms with E-state index >= 15 is 0 Å². The molecule has 1 aromatic rings. The summed E-state index contributed by atoms with van der Waals surface area (Å²) in [6, 6.07) is 0. The van der Waals surface area contributed by atoms with Crippen LogP contribution in [0, 0.1) is 0 Å². The minimum atomic E-state index is -1.50. The van der Waals surface area contributed by atoms with Gasteiger partial charge in [0.25, 0.3) is 0 Å². The Hall–Kier alpha value is 0.647. The largest absolute Gasteiger partial charge is 0.490 e. The molecular formula is C12H15Cl5O2Si. The van der Waals surface area contributed by atoms with E-state index in [1.165, 1.54) is 0 Å². The van der Waals surface area contributed by atoms with Crippen molar-refractivity contribution in [1.82, 2.24) is 0 Å². The van der Waals surface area contributed by atoms with Crippen LogP contribution in [0.5, 0.6) is 5.75 Å². The normalized spacial score (nSPS) is 11.8. The van der Waals surface area contributed by atoms with Gasteiger partial charge in [0.05, 0.1) is 21.7 Å². The second-order valence-electron chi connectivity index (χ2n) is 5.06. The van der Waals surface area contributed by atoms with Gasteiger partial charge in [-0.05, 0) is 19.6 Å². The molecule has 0 radical (unpaired) electrons. The van der Waals surface area contributed by atoms with Gasteiger partial charge < -0.3 is 9.16 Å². The Kier molecular flexibility index (Phi) is 7.27. The third-order valence-electron chi connectivity index (χ3n) is 2.24. The van der Waals surface area contributed by atoms with Gasteiger partial charge in [-0.25, -0.2) is 0 Å². The van der Waals surface area contributed by atoms with E-state index in [4.69, 9.17) is 67.2 Å². The molecule has 0 aliphatic rings. The van der Waals surface area contributed by atoms with Gasteiger partial charge in [-0.2, -0.15) is 0 Å². The summed E-state index contributed by atoms with van der Waals surface area (Å²) in [5.41, 5.74) is 0. The lowest BCUT2D eigenvalue weighted by molar-refractivity contribution is 0.244. The molecule has 8 heteroatoms. The summed E-state index contributed by atoms with van der Waals surface area (Å²) in [6.45, 7) is 7.40. The van der Waals surface area contributed by atoms with Crippen molar-refractivity contribution in [3.8, 4) is 5.75 Å². The number of ether oxygens (including phenoxy) is 1. The first-order chi connectivity index (χ1) is 9.15. The molecule has 2 nitrogen and oxygen atoms in total. The van der Waals surface area contributed by atoms with E-state index in [0.717, 1.165) is 6.42 Å². The van der Waals surface area contributed by atoms with Gasteiger partial charge in [0.1, 0.15) is 10.0 Å². The molecule has 1 aromatic carbocycles. The minimum absolute atomic E-state index is 0.123. The molecule has 20 heavy (non-hydrogen) atoms. The smallest absolute Gasteiger partial charge is 0.183 e. The Morgan fingerprint density at radius 2 is 1.20 bits per heavy atom. The van der Waals surface area contributed by atoms with Crippen LogP contribution in [0.1, 0.15) is 6.42 Å². The topological polar surface area (TPSA) is 18.5 Å². The summed E-state index contributed by atoms with van der Waals surface area (Å²) in [6.07, 6.45) is 0.717. The van der Waals surface area contributed by atoms with Crippen molar-refractivity contribution in [2.45, 2.75) is 26.1 Å². The molecule has 0 heterocycles. The summed E-state index contributed by atoms with van der Waals surface area (Å²) in [5, 5.41) is 0.722. The molecule has 0 saturated heterocycles. The summed E-state index contributed by atoms with van der Waals surface area (Å²) >= 11 is 29.9. The molecule has 0 atom stereocenters. The molecule has 1 rings (SSSR count). The third-order valence-corrected chi connectivity index (χ3v) is 5.55. The van der Waals surface area contributed by atoms with Crippen LogP contribution in [-0.4, -0.2) is 21.5 Å². The first-order valence-corrected chi connectivity index (χ1v) is 11.2. The molecule has 0 fully saturated rings. The van der Waals surface area contributed by atoms with E-state index in [0.29, 0.717) is 13.2 Å². The van der Waals surface area contributed by atoms with Crippen LogP contribution in [0.15, 0.2) is 0 Å². The zero-order valence-corrected chi connectivity index (χ0v) is 16.1. The molecule has 0 N–H and O–H groups in total. The highest BCUT2D eigenvalue weighted by Gasteiger charge is 2.20. The van der Waals surface area contributed by atoms with Crippen molar-refractivity contribution in [3.63, 3.8) is 0 Å². The van der Waals surface area contributed by atoms with Crippen molar-refractivity contribution < 1.29 is 9.16 Å². The molecule has 0 saturated carbocycles. The molecule has 0 aliphatic heterocycles. The van der Waals surface area contributed by atoms with E-state index in [1.807, 2.05) is 0 Å². The minimum Gasteiger partial charge on any atom is -0.490 e. The van der Waals surface area contributed by atoms with E-state index in [-0.39, 0.29) is 30.9 Å². The van der Waals surface area contributed by atoms with Gasteiger partial charge in [0, 0.05) is 13.0 Å². The van der Waals surface area contributed by atoms with Gasteiger partial charge in [0.2, 0.25) is 0 Å². The van der Waals surface area contributed by atoms with Crippen molar-refractivity contribution in [1.29, 1.82) is 0 Å². The van der Waals surface area contributed by atoms with Crippen molar-refractivity contribution in [2.24, 2.45) is 0 Å². The first-order valence-electron chi connectivity index (χ1n) is 5.93. The second kappa shape index (κ2) is 7.77. The highest BCUT2D eigenvalue weighted by Crippen LogP contribution is 2.48. The van der Waals surface area contributed by atoms with Crippen LogP contribution in [0.4, 0.5) is 0 Å². The first kappa shape index (κ1) is 18.7. The number of hydrogen-bond donors (Lipinski definition) is 0. The van der Waals surface area contributed by atoms with Crippen LogP contribution >= 0.6 is 58.0 Å². The maximum absolute atomic E-state index is 6.05. The molecular weight excluding hydrogens is 381 g/mol. The van der Waals surface area contributed by atoms with Gasteiger partial charge >= 0.3 is 0 Å². The Morgan fingerprint density at radius 1 is 0.750 bits per heavy atom. The van der Waals surface area contributed by atoms with Gasteiger partial charge in [-0.15, -0.1) is 0 Å². The maximum Gasteiger partial charge on any atom is 0.183 e. The molecule has 114 valence electrons. The standard InChI is InChI=1S/C12H15Cl5O2Si/c1-20(2,3)19-6-4-5-18-12-10(16)8(14)7(13)9(15)11(12)17/h4-6H2,1-3H3. The maximum atomic E-state index is 6.05. The number of hydrogen-bond acceptors (Lipinski definition) is 2. The predicted molar refractivity (Wildman–Crippen MR) is 90.9 cm³/mol. The quantitative estimate of drug-likeness (QED) is 0.234. The van der Waals surface area contributed by atoms with E-state index in [9.17, 15) is 0 Å². The lowest BCUT2D eigenvalue weighted by Crippen LogP contribution is -2.26. The fraction of sp³-hybridized carbons (Fsp3) is 0.500. The number of benzene rings is 1. The average Bonchev–Trinajstić information content (AvgIpc) is 2.36. The second-order valence-corrected chi connectivity index (χ2v) is 11.5. The highest BCUT2D eigenvalue weighted by molar-refractivity contribution is 6.69. The summed E-state index contributed by atoms with van der Waals surface area (Å²) < 4.78 is 11.3. The predicted octanol–water partition coefficient (Wildman–Crippen LogP) is 6.57. The van der Waals surface area contributed by atoms with Crippen LogP contribution in [0.3, 0.4) is 0 Å². The lowest BCUT2D eigenvalue weighted by Gasteiger charge is -2.17. The van der Waals surface area contributed by atoms with Crippen LogP contribution in [0.25, 0.3) is 0 Å². The number of halogens is 5. The fourth-order valence-electron chi connectivity index (χ4n) is 1.32. The molecule has 0 unspecified atom stereocenters. The number of rotatable bonds is 6. The van der Waals surface area contributed by atoms with Crippen LogP contribution in [-0.2, 0) is 4.43 Å². The average molecular weight is 397 g/mol. The fourth-order valence-corrected chi connectivity index (χ4v) is 3.31. The zero-order valence-electron chi connectivity index (χ0n) is 11.3. The van der Waals surface area contributed by atoms with Crippen molar-refractivity contribution >= 4 is 66.3 Å². The zero-order chi connectivity index (χ0) is 15.5. The van der Waals surface area contributed by atoms with E-state index in [2.05, 4.69) is 19.6 Å². The Bertz CT molecular complexity index is 459. The van der Waals surface area contributed by atoms with Crippen LogP contribution in [0.2, 0.25) is 44.8 Å². The summed E-state index contributed by atoms with van der Waals surface area (Å²) in [4.78, 5) is 0. The Labute approximate surface area is 145 Å². The van der Waals surface area contributed by atoms with Crippen molar-refractivity contribution in [2.75, 3.05) is 13.2 Å². The Balaban J connectivity index is 2.66. The molecule has 0 spiro atoms. The molecule has 0 amide bonds. The highest BCUT2D eigenvalue weighted by atomic mass is 35.5. The summed E-state index contributed by atoms with van der Waals surface area (Å²) in [7, 11) is -1.50. The van der Waals surface area contributed by atoms with Crippen LogP contribution < -0.4 is 4.74 Å². The van der Waals surface area contributed by atoms with Gasteiger partial charge in [0.15, 0.2) is 14.1 Å². The van der Waals surface area contributed by atoms with Gasteiger partial charge in [-0.3, -0.25) is 0 Å². The van der Waals surface area contributed by atoms with Crippen molar-refractivity contribution in [3.05, 3.63) is 25.1 Å².